The van der Waals surface area contributed by atoms with Crippen LogP contribution in [0.3, 0.4) is 0 Å². The lowest BCUT2D eigenvalue weighted by atomic mass is 10.2. The van der Waals surface area contributed by atoms with Crippen molar-refractivity contribution in [2.24, 2.45) is 0 Å². The summed E-state index contributed by atoms with van der Waals surface area (Å²) in [6.07, 6.45) is 4.31. The first-order chi connectivity index (χ1) is 13.1. The maximum atomic E-state index is 13.2. The highest BCUT2D eigenvalue weighted by molar-refractivity contribution is 7.99. The Balaban J connectivity index is 1.69. The smallest absolute Gasteiger partial charge is 0.234 e. The predicted octanol–water partition coefficient (Wildman–Crippen LogP) is 4.27. The molecular formula is C18H17ClFN5OS. The highest BCUT2D eigenvalue weighted by atomic mass is 35.5. The largest absolute Gasteiger partial charge is 0.325 e. The zero-order chi connectivity index (χ0) is 19.2. The maximum absolute atomic E-state index is 13.2. The summed E-state index contributed by atoms with van der Waals surface area (Å²) in [7, 11) is 0. The number of pyridine rings is 1. The monoisotopic (exact) mass is 405 g/mol. The lowest BCUT2D eigenvalue weighted by Crippen LogP contribution is -2.14. The molecule has 27 heavy (non-hydrogen) atoms. The fourth-order valence-corrected chi connectivity index (χ4v) is 3.38. The van der Waals surface area contributed by atoms with Crippen molar-refractivity contribution < 1.29 is 9.18 Å². The van der Waals surface area contributed by atoms with Crippen LogP contribution in [0.1, 0.15) is 13.3 Å². The van der Waals surface area contributed by atoms with Gasteiger partial charge in [-0.25, -0.2) is 4.39 Å². The van der Waals surface area contributed by atoms with Crippen LogP contribution in [0.15, 0.2) is 47.9 Å². The summed E-state index contributed by atoms with van der Waals surface area (Å²) in [6, 6.07) is 7.79. The van der Waals surface area contributed by atoms with Crippen LogP contribution in [0.5, 0.6) is 0 Å². The van der Waals surface area contributed by atoms with E-state index < -0.39 is 5.82 Å². The first-order valence-corrected chi connectivity index (χ1v) is 9.66. The van der Waals surface area contributed by atoms with Gasteiger partial charge < -0.3 is 9.88 Å². The average molecular weight is 406 g/mol. The quantitative estimate of drug-likeness (QED) is 0.594. The molecule has 0 fully saturated rings. The fraction of sp³-hybridized carbons (Fsp3) is 0.222. The zero-order valence-electron chi connectivity index (χ0n) is 14.5. The Bertz CT molecular complexity index is 935. The van der Waals surface area contributed by atoms with E-state index in [0.717, 1.165) is 24.4 Å². The average Bonchev–Trinajstić information content (AvgIpc) is 3.07. The summed E-state index contributed by atoms with van der Waals surface area (Å²) in [5.41, 5.74) is 1.36. The SMILES string of the molecule is CCCn1c(SCC(=O)Nc2ccc(F)c(Cl)c2)nnc1-c1ccncc1. The molecule has 0 aliphatic rings. The Hall–Kier alpha value is -2.45. The number of halogens is 2. The molecule has 0 saturated heterocycles. The number of nitrogens with zero attached hydrogens (tertiary/aromatic N) is 4. The predicted molar refractivity (Wildman–Crippen MR) is 104 cm³/mol. The van der Waals surface area contributed by atoms with Crippen LogP contribution in [0.25, 0.3) is 11.4 Å². The van der Waals surface area contributed by atoms with E-state index in [1.807, 2.05) is 16.7 Å². The molecule has 1 aromatic carbocycles. The molecule has 9 heteroatoms. The van der Waals surface area contributed by atoms with Crippen LogP contribution < -0.4 is 5.32 Å². The van der Waals surface area contributed by atoms with Crippen molar-refractivity contribution in [3.8, 4) is 11.4 Å². The molecule has 0 spiro atoms. The minimum atomic E-state index is -0.527. The number of aromatic nitrogens is 4. The molecule has 0 radical (unpaired) electrons. The van der Waals surface area contributed by atoms with Crippen LogP contribution >= 0.6 is 23.4 Å². The lowest BCUT2D eigenvalue weighted by Gasteiger charge is -2.09. The van der Waals surface area contributed by atoms with E-state index in [1.54, 1.807) is 12.4 Å². The van der Waals surface area contributed by atoms with Crippen molar-refractivity contribution in [1.29, 1.82) is 0 Å². The molecule has 2 aromatic heterocycles. The number of benzene rings is 1. The van der Waals surface area contributed by atoms with E-state index in [1.165, 1.54) is 30.0 Å². The standard InChI is InChI=1S/C18H17ClFN5OS/c1-2-9-25-17(12-5-7-21-8-6-12)23-24-18(25)27-11-16(26)22-13-3-4-15(20)14(19)10-13/h3-8,10H,2,9,11H2,1H3,(H,22,26). The van der Waals surface area contributed by atoms with E-state index in [0.29, 0.717) is 10.8 Å². The number of nitrogens with one attached hydrogen (secondary N) is 1. The molecule has 0 atom stereocenters. The van der Waals surface area contributed by atoms with Crippen LogP contribution in [-0.4, -0.2) is 31.4 Å². The summed E-state index contributed by atoms with van der Waals surface area (Å²) in [5.74, 6) is 0.125. The summed E-state index contributed by atoms with van der Waals surface area (Å²) in [4.78, 5) is 16.2. The Kier molecular flexibility index (Phi) is 6.41. The van der Waals surface area contributed by atoms with E-state index in [4.69, 9.17) is 11.6 Å². The highest BCUT2D eigenvalue weighted by Crippen LogP contribution is 2.24. The van der Waals surface area contributed by atoms with E-state index in [-0.39, 0.29) is 16.7 Å². The molecule has 0 unspecified atom stereocenters. The van der Waals surface area contributed by atoms with E-state index in [9.17, 15) is 9.18 Å². The van der Waals surface area contributed by atoms with Crippen molar-refractivity contribution >= 4 is 35.0 Å². The van der Waals surface area contributed by atoms with Crippen molar-refractivity contribution in [3.63, 3.8) is 0 Å². The molecule has 2 heterocycles. The van der Waals surface area contributed by atoms with Crippen LogP contribution in [-0.2, 0) is 11.3 Å². The van der Waals surface area contributed by atoms with Gasteiger partial charge in [-0.1, -0.05) is 30.3 Å². The van der Waals surface area contributed by atoms with Crippen molar-refractivity contribution in [2.75, 3.05) is 11.1 Å². The Labute approximate surface area is 165 Å². The molecular weight excluding hydrogens is 389 g/mol. The third-order valence-electron chi connectivity index (χ3n) is 3.64. The zero-order valence-corrected chi connectivity index (χ0v) is 16.1. The highest BCUT2D eigenvalue weighted by Gasteiger charge is 2.15. The topological polar surface area (TPSA) is 72.7 Å². The summed E-state index contributed by atoms with van der Waals surface area (Å²) < 4.78 is 15.2. The third kappa shape index (κ3) is 4.84. The number of carbonyl (C=O) groups excluding carboxylic acids is 1. The molecule has 1 N–H and O–H groups in total. The number of anilines is 1. The third-order valence-corrected chi connectivity index (χ3v) is 4.89. The van der Waals surface area contributed by atoms with Crippen LogP contribution in [0.2, 0.25) is 5.02 Å². The fourth-order valence-electron chi connectivity index (χ4n) is 2.44. The second-order valence-electron chi connectivity index (χ2n) is 5.66. The Morgan fingerprint density at radius 1 is 1.26 bits per heavy atom. The van der Waals surface area contributed by atoms with Gasteiger partial charge in [0, 0.05) is 30.2 Å². The minimum absolute atomic E-state index is 0.0369. The molecule has 3 aromatic rings. The number of carbonyl (C=O) groups is 1. The second-order valence-corrected chi connectivity index (χ2v) is 7.01. The van der Waals surface area contributed by atoms with E-state index in [2.05, 4.69) is 27.4 Å². The normalized spacial score (nSPS) is 10.8. The Morgan fingerprint density at radius 2 is 2.04 bits per heavy atom. The molecule has 1 amide bonds. The molecule has 0 aliphatic carbocycles. The van der Waals surface area contributed by atoms with Gasteiger partial charge in [0.05, 0.1) is 10.8 Å². The Morgan fingerprint density at radius 3 is 2.74 bits per heavy atom. The summed E-state index contributed by atoms with van der Waals surface area (Å²) >= 11 is 7.02. The summed E-state index contributed by atoms with van der Waals surface area (Å²) in [5, 5.41) is 11.8. The van der Waals surface area contributed by atoms with Gasteiger partial charge in [0.25, 0.3) is 0 Å². The maximum Gasteiger partial charge on any atom is 0.234 e. The van der Waals surface area contributed by atoms with Crippen molar-refractivity contribution in [1.82, 2.24) is 19.7 Å². The molecule has 0 aliphatic heterocycles. The van der Waals surface area contributed by atoms with Crippen molar-refractivity contribution in [2.45, 2.75) is 25.0 Å². The summed E-state index contributed by atoms with van der Waals surface area (Å²) in [6.45, 7) is 2.80. The molecule has 3 rings (SSSR count). The molecule has 6 nitrogen and oxygen atoms in total. The van der Waals surface area contributed by atoms with Gasteiger partial charge in [-0.3, -0.25) is 9.78 Å². The van der Waals surface area contributed by atoms with Gasteiger partial charge in [-0.15, -0.1) is 10.2 Å². The van der Waals surface area contributed by atoms with Gasteiger partial charge in [0.1, 0.15) is 5.82 Å². The van der Waals surface area contributed by atoms with E-state index >= 15 is 0 Å². The first-order valence-electron chi connectivity index (χ1n) is 8.29. The number of thioether (sulfide) groups is 1. The van der Waals surface area contributed by atoms with Gasteiger partial charge in [0.2, 0.25) is 5.91 Å². The minimum Gasteiger partial charge on any atom is -0.325 e. The molecule has 140 valence electrons. The number of amides is 1. The van der Waals surface area contributed by atoms with Gasteiger partial charge in [-0.2, -0.15) is 0 Å². The number of hydrogen-bond acceptors (Lipinski definition) is 5. The van der Waals surface area contributed by atoms with Gasteiger partial charge in [0.15, 0.2) is 11.0 Å². The lowest BCUT2D eigenvalue weighted by molar-refractivity contribution is -0.113. The molecule has 0 saturated carbocycles. The second kappa shape index (κ2) is 8.96. The van der Waals surface area contributed by atoms with Gasteiger partial charge >= 0.3 is 0 Å². The molecule has 0 bridgehead atoms. The van der Waals surface area contributed by atoms with Crippen LogP contribution in [0, 0.1) is 5.82 Å². The van der Waals surface area contributed by atoms with Crippen LogP contribution in [0.4, 0.5) is 10.1 Å². The first kappa shape index (κ1) is 19.3. The number of hydrogen-bond donors (Lipinski definition) is 1. The number of rotatable bonds is 7. The van der Waals surface area contributed by atoms with Crippen molar-refractivity contribution in [3.05, 3.63) is 53.6 Å². The van der Waals surface area contributed by atoms with Gasteiger partial charge in [-0.05, 0) is 36.8 Å².